The molecule has 6 aromatic rings. The summed E-state index contributed by atoms with van der Waals surface area (Å²) in [6.07, 6.45) is 0. The second kappa shape index (κ2) is 8.23. The van der Waals surface area contributed by atoms with Gasteiger partial charge < -0.3 is 4.90 Å². The minimum atomic E-state index is 1.20. The van der Waals surface area contributed by atoms with Gasteiger partial charge >= 0.3 is 0 Å². The monoisotopic (exact) mass is 441 g/mol. The van der Waals surface area contributed by atoms with Crippen molar-refractivity contribution >= 4 is 42.9 Å². The molecule has 0 saturated carbocycles. The minimum absolute atomic E-state index is 1.20. The second-order valence-electron chi connectivity index (χ2n) is 8.28. The SMILES string of the molecule is CN(c1ccc(-c2ccccc2)cc1-c1ccccc1)c1cccc2c1sc1ccccc12. The lowest BCUT2D eigenvalue weighted by Gasteiger charge is -2.24. The number of anilines is 2. The van der Waals surface area contributed by atoms with Gasteiger partial charge in [0.25, 0.3) is 0 Å². The van der Waals surface area contributed by atoms with E-state index in [4.69, 9.17) is 0 Å². The van der Waals surface area contributed by atoms with Crippen LogP contribution in [0.1, 0.15) is 0 Å². The predicted molar refractivity (Wildman–Crippen MR) is 145 cm³/mol. The fourth-order valence-corrected chi connectivity index (χ4v) is 5.87. The summed E-state index contributed by atoms with van der Waals surface area (Å²) in [4.78, 5) is 2.34. The summed E-state index contributed by atoms with van der Waals surface area (Å²) < 4.78 is 2.66. The van der Waals surface area contributed by atoms with Gasteiger partial charge in [-0.2, -0.15) is 0 Å². The zero-order valence-corrected chi connectivity index (χ0v) is 19.2. The van der Waals surface area contributed by atoms with Gasteiger partial charge in [-0.25, -0.2) is 0 Å². The van der Waals surface area contributed by atoms with Gasteiger partial charge in [0.05, 0.1) is 10.4 Å². The minimum Gasteiger partial charge on any atom is -0.343 e. The van der Waals surface area contributed by atoms with E-state index in [2.05, 4.69) is 133 Å². The standard InChI is InChI=1S/C31H23NS/c1-32(29-17-10-16-26-25-15-8-9-18-30(25)33-31(26)29)28-20-19-24(22-11-4-2-5-12-22)21-27(28)23-13-6-3-7-14-23/h2-21H,1H3. The predicted octanol–water partition coefficient (Wildman–Crippen LogP) is 9.16. The van der Waals surface area contributed by atoms with Crippen molar-refractivity contribution in [2.24, 2.45) is 0 Å². The zero-order valence-electron chi connectivity index (χ0n) is 18.4. The molecule has 0 aliphatic carbocycles. The Labute approximate surface area is 198 Å². The van der Waals surface area contributed by atoms with Gasteiger partial charge in [-0.15, -0.1) is 11.3 Å². The Morgan fingerprint density at radius 2 is 1.18 bits per heavy atom. The van der Waals surface area contributed by atoms with Crippen molar-refractivity contribution < 1.29 is 0 Å². The molecule has 2 heteroatoms. The molecule has 6 rings (SSSR count). The summed E-state index contributed by atoms with van der Waals surface area (Å²) >= 11 is 1.87. The quantitative estimate of drug-likeness (QED) is 0.263. The van der Waals surface area contributed by atoms with Crippen molar-refractivity contribution in [3.05, 3.63) is 121 Å². The summed E-state index contributed by atoms with van der Waals surface area (Å²) in [5, 5.41) is 2.65. The van der Waals surface area contributed by atoms with E-state index in [1.54, 1.807) is 0 Å². The maximum Gasteiger partial charge on any atom is 0.0592 e. The Hall–Kier alpha value is -3.88. The van der Waals surface area contributed by atoms with E-state index in [9.17, 15) is 0 Å². The first kappa shape index (κ1) is 19.8. The molecule has 1 aromatic heterocycles. The first-order valence-corrected chi connectivity index (χ1v) is 12.0. The highest BCUT2D eigenvalue weighted by molar-refractivity contribution is 7.26. The molecular weight excluding hydrogens is 418 g/mol. The third kappa shape index (κ3) is 3.49. The Morgan fingerprint density at radius 3 is 1.97 bits per heavy atom. The average molecular weight is 442 g/mol. The average Bonchev–Trinajstić information content (AvgIpc) is 3.28. The summed E-state index contributed by atoms with van der Waals surface area (Å²) in [5.41, 5.74) is 7.35. The molecule has 0 bridgehead atoms. The summed E-state index contributed by atoms with van der Waals surface area (Å²) in [6.45, 7) is 0. The van der Waals surface area contributed by atoms with Crippen molar-refractivity contribution in [3.63, 3.8) is 0 Å². The smallest absolute Gasteiger partial charge is 0.0592 e. The summed E-state index contributed by atoms with van der Waals surface area (Å²) in [5.74, 6) is 0. The van der Waals surface area contributed by atoms with Crippen LogP contribution in [0.5, 0.6) is 0 Å². The van der Waals surface area contributed by atoms with E-state index in [0.717, 1.165) is 0 Å². The van der Waals surface area contributed by atoms with Gasteiger partial charge in [-0.05, 0) is 41.0 Å². The fourth-order valence-electron chi connectivity index (χ4n) is 4.61. The number of fused-ring (bicyclic) bond motifs is 3. The van der Waals surface area contributed by atoms with E-state index < -0.39 is 0 Å². The van der Waals surface area contributed by atoms with Gasteiger partial charge in [0, 0.05) is 33.8 Å². The van der Waals surface area contributed by atoms with E-state index >= 15 is 0 Å². The van der Waals surface area contributed by atoms with Gasteiger partial charge in [0.15, 0.2) is 0 Å². The molecule has 1 heterocycles. The van der Waals surface area contributed by atoms with Gasteiger partial charge in [0.2, 0.25) is 0 Å². The topological polar surface area (TPSA) is 3.24 Å². The van der Waals surface area contributed by atoms with Crippen LogP contribution in [0.3, 0.4) is 0 Å². The molecule has 0 saturated heterocycles. The van der Waals surface area contributed by atoms with Crippen LogP contribution in [0, 0.1) is 0 Å². The molecule has 0 atom stereocenters. The molecule has 0 spiro atoms. The number of benzene rings is 5. The normalized spacial score (nSPS) is 11.2. The lowest BCUT2D eigenvalue weighted by Crippen LogP contribution is -2.11. The van der Waals surface area contributed by atoms with E-state index in [0.29, 0.717) is 0 Å². The van der Waals surface area contributed by atoms with Crippen LogP contribution in [0.2, 0.25) is 0 Å². The second-order valence-corrected chi connectivity index (χ2v) is 9.33. The highest BCUT2D eigenvalue weighted by Crippen LogP contribution is 2.43. The molecule has 33 heavy (non-hydrogen) atoms. The molecule has 0 aliphatic rings. The maximum atomic E-state index is 2.34. The zero-order chi connectivity index (χ0) is 22.2. The molecule has 0 unspecified atom stereocenters. The number of rotatable bonds is 4. The molecule has 0 N–H and O–H groups in total. The molecular formula is C31H23NS. The first-order valence-electron chi connectivity index (χ1n) is 11.2. The number of hydrogen-bond donors (Lipinski definition) is 0. The highest BCUT2D eigenvalue weighted by atomic mass is 32.1. The maximum absolute atomic E-state index is 2.34. The largest absolute Gasteiger partial charge is 0.343 e. The van der Waals surface area contributed by atoms with Crippen LogP contribution in [0.15, 0.2) is 121 Å². The third-order valence-electron chi connectivity index (χ3n) is 6.29. The van der Waals surface area contributed by atoms with Crippen molar-refractivity contribution in [1.29, 1.82) is 0 Å². The third-order valence-corrected chi connectivity index (χ3v) is 7.50. The lowest BCUT2D eigenvalue weighted by molar-refractivity contribution is 1.23. The van der Waals surface area contributed by atoms with Crippen molar-refractivity contribution in [3.8, 4) is 22.3 Å². The number of nitrogens with zero attached hydrogens (tertiary/aromatic N) is 1. The Bertz CT molecular complexity index is 1570. The van der Waals surface area contributed by atoms with E-state index in [-0.39, 0.29) is 0 Å². The van der Waals surface area contributed by atoms with E-state index in [1.807, 2.05) is 11.3 Å². The summed E-state index contributed by atoms with van der Waals surface area (Å²) in [7, 11) is 2.18. The Morgan fingerprint density at radius 1 is 0.515 bits per heavy atom. The number of thiophene rings is 1. The van der Waals surface area contributed by atoms with Crippen LogP contribution in [-0.4, -0.2) is 7.05 Å². The van der Waals surface area contributed by atoms with Crippen LogP contribution in [-0.2, 0) is 0 Å². The summed E-state index contributed by atoms with van der Waals surface area (Å²) in [6, 6.07) is 43.4. The van der Waals surface area contributed by atoms with Crippen LogP contribution in [0.25, 0.3) is 42.4 Å². The van der Waals surface area contributed by atoms with Crippen molar-refractivity contribution in [2.75, 3.05) is 11.9 Å². The Kier molecular flexibility index (Phi) is 4.93. The van der Waals surface area contributed by atoms with Crippen LogP contribution in [0.4, 0.5) is 11.4 Å². The van der Waals surface area contributed by atoms with Crippen molar-refractivity contribution in [1.82, 2.24) is 0 Å². The van der Waals surface area contributed by atoms with Crippen LogP contribution >= 0.6 is 11.3 Å². The van der Waals surface area contributed by atoms with Gasteiger partial charge in [0.1, 0.15) is 0 Å². The molecule has 0 aliphatic heterocycles. The molecule has 0 radical (unpaired) electrons. The number of hydrogen-bond acceptors (Lipinski definition) is 2. The molecule has 0 amide bonds. The van der Waals surface area contributed by atoms with E-state index in [1.165, 1.54) is 53.8 Å². The van der Waals surface area contributed by atoms with Crippen LogP contribution < -0.4 is 4.90 Å². The first-order chi connectivity index (χ1) is 16.3. The fraction of sp³-hybridized carbons (Fsp3) is 0.0323. The Balaban J connectivity index is 1.55. The lowest BCUT2D eigenvalue weighted by atomic mass is 9.96. The van der Waals surface area contributed by atoms with Crippen molar-refractivity contribution in [2.45, 2.75) is 0 Å². The van der Waals surface area contributed by atoms with Gasteiger partial charge in [-0.1, -0.05) is 97.1 Å². The molecule has 0 fully saturated rings. The molecule has 5 aromatic carbocycles. The van der Waals surface area contributed by atoms with Gasteiger partial charge in [-0.3, -0.25) is 0 Å². The highest BCUT2D eigenvalue weighted by Gasteiger charge is 2.16. The molecule has 158 valence electrons. The molecule has 1 nitrogen and oxygen atoms in total.